The number of piperazine rings is 1. The molecule has 0 bridgehead atoms. The van der Waals surface area contributed by atoms with Gasteiger partial charge in [0.1, 0.15) is 6.04 Å². The topological polar surface area (TPSA) is 72.9 Å². The zero-order chi connectivity index (χ0) is 12.8. The molecule has 1 rings (SSSR count). The predicted molar refractivity (Wildman–Crippen MR) is 63.8 cm³/mol. The number of carbonyl (C=O) groups excluding carboxylic acids is 1. The summed E-state index contributed by atoms with van der Waals surface area (Å²) in [5, 5.41) is 11.1. The Bertz CT molecular complexity index is 275. The lowest BCUT2D eigenvalue weighted by Gasteiger charge is -2.32. The molecule has 17 heavy (non-hydrogen) atoms. The van der Waals surface area contributed by atoms with E-state index in [0.29, 0.717) is 13.0 Å². The Morgan fingerprint density at radius 3 is 2.41 bits per heavy atom. The molecule has 6 nitrogen and oxygen atoms in total. The summed E-state index contributed by atoms with van der Waals surface area (Å²) in [4.78, 5) is 26.5. The smallest absolute Gasteiger partial charge is 0.325 e. The highest BCUT2D eigenvalue weighted by Crippen LogP contribution is 2.00. The van der Waals surface area contributed by atoms with Crippen molar-refractivity contribution in [3.8, 4) is 0 Å². The van der Waals surface area contributed by atoms with E-state index >= 15 is 0 Å². The second kappa shape index (κ2) is 6.56. The Morgan fingerprint density at radius 2 is 1.88 bits per heavy atom. The van der Waals surface area contributed by atoms with Gasteiger partial charge in [-0.1, -0.05) is 0 Å². The molecule has 6 heteroatoms. The molecule has 1 atom stereocenters. The number of aliphatic carboxylic acids is 1. The van der Waals surface area contributed by atoms with E-state index in [0.717, 1.165) is 26.2 Å². The highest BCUT2D eigenvalue weighted by molar-refractivity contribution is 5.83. The van der Waals surface area contributed by atoms with Crippen LogP contribution in [0.15, 0.2) is 0 Å². The van der Waals surface area contributed by atoms with Crippen LogP contribution in [0.25, 0.3) is 0 Å². The van der Waals surface area contributed by atoms with Crippen LogP contribution in [0.2, 0.25) is 0 Å². The van der Waals surface area contributed by atoms with Crippen molar-refractivity contribution < 1.29 is 14.7 Å². The number of carboxylic acids is 1. The highest BCUT2D eigenvalue weighted by atomic mass is 16.4. The number of carboxylic acid groups (broad SMARTS) is 1. The number of hydrogen-bond donors (Lipinski definition) is 2. The quantitative estimate of drug-likeness (QED) is 0.662. The molecule has 1 amide bonds. The minimum atomic E-state index is -1.00. The van der Waals surface area contributed by atoms with Gasteiger partial charge >= 0.3 is 5.97 Å². The molecule has 1 aliphatic heterocycles. The second-order valence-electron chi connectivity index (χ2n) is 4.52. The molecule has 98 valence electrons. The third kappa shape index (κ3) is 5.14. The predicted octanol–water partition coefficient (Wildman–Crippen LogP) is -0.787. The maximum atomic E-state index is 11.5. The Labute approximate surface area is 102 Å². The van der Waals surface area contributed by atoms with Gasteiger partial charge < -0.3 is 20.2 Å². The van der Waals surface area contributed by atoms with Crippen LogP contribution in [-0.4, -0.2) is 72.6 Å². The van der Waals surface area contributed by atoms with Gasteiger partial charge in [0.05, 0.1) is 0 Å². The maximum absolute atomic E-state index is 11.5. The number of likely N-dealkylation sites (N-methyl/N-ethyl adjacent to an activating group) is 1. The lowest BCUT2D eigenvalue weighted by Crippen LogP contribution is -2.46. The van der Waals surface area contributed by atoms with Gasteiger partial charge in [-0.25, -0.2) is 0 Å². The first kappa shape index (κ1) is 13.9. The fourth-order valence-electron chi connectivity index (χ4n) is 1.71. The van der Waals surface area contributed by atoms with Crippen molar-refractivity contribution in [2.45, 2.75) is 19.4 Å². The van der Waals surface area contributed by atoms with E-state index < -0.39 is 12.0 Å². The van der Waals surface area contributed by atoms with Gasteiger partial charge in [0.25, 0.3) is 0 Å². The molecule has 1 saturated heterocycles. The number of hydrogen-bond acceptors (Lipinski definition) is 4. The molecule has 0 saturated carbocycles. The molecule has 0 aliphatic carbocycles. The fourth-order valence-corrected chi connectivity index (χ4v) is 1.71. The average molecular weight is 243 g/mol. The molecular formula is C11H21N3O3. The average Bonchev–Trinajstić information content (AvgIpc) is 2.28. The van der Waals surface area contributed by atoms with Gasteiger partial charge in [-0.15, -0.1) is 0 Å². The molecular weight excluding hydrogens is 222 g/mol. The first-order chi connectivity index (χ1) is 7.99. The maximum Gasteiger partial charge on any atom is 0.325 e. The standard InChI is InChI=1S/C11H21N3O3/c1-9(11(16)17)12-10(15)3-4-14-7-5-13(2)6-8-14/h9H,3-8H2,1-2H3,(H,12,15)(H,16,17)/t9-/m0/s1. The summed E-state index contributed by atoms with van der Waals surface area (Å²) in [6.07, 6.45) is 0.362. The van der Waals surface area contributed by atoms with E-state index in [4.69, 9.17) is 5.11 Å². The molecule has 1 aliphatic rings. The number of rotatable bonds is 5. The van der Waals surface area contributed by atoms with Crippen molar-refractivity contribution in [1.82, 2.24) is 15.1 Å². The van der Waals surface area contributed by atoms with Gasteiger partial charge in [0.15, 0.2) is 0 Å². The van der Waals surface area contributed by atoms with E-state index in [1.165, 1.54) is 6.92 Å². The van der Waals surface area contributed by atoms with E-state index in [1.54, 1.807) is 0 Å². The minimum absolute atomic E-state index is 0.196. The summed E-state index contributed by atoms with van der Waals surface area (Å²) < 4.78 is 0. The summed E-state index contributed by atoms with van der Waals surface area (Å²) in [5.41, 5.74) is 0. The molecule has 0 aromatic heterocycles. The molecule has 0 radical (unpaired) electrons. The fraction of sp³-hybridized carbons (Fsp3) is 0.818. The Hall–Kier alpha value is -1.14. The molecule has 2 N–H and O–H groups in total. The zero-order valence-corrected chi connectivity index (χ0v) is 10.5. The number of nitrogens with zero attached hydrogens (tertiary/aromatic N) is 2. The van der Waals surface area contributed by atoms with Crippen LogP contribution in [0.1, 0.15) is 13.3 Å². The normalized spacial score (nSPS) is 19.9. The van der Waals surface area contributed by atoms with Crippen LogP contribution in [-0.2, 0) is 9.59 Å². The SMILES string of the molecule is C[C@H](NC(=O)CCN1CCN(C)CC1)C(=O)O. The Kier molecular flexibility index (Phi) is 5.37. The molecule has 0 spiro atoms. The molecule has 1 heterocycles. The van der Waals surface area contributed by atoms with Crippen molar-refractivity contribution in [3.05, 3.63) is 0 Å². The first-order valence-electron chi connectivity index (χ1n) is 5.92. The van der Waals surface area contributed by atoms with Gasteiger partial charge in [0, 0.05) is 39.1 Å². The van der Waals surface area contributed by atoms with E-state index in [9.17, 15) is 9.59 Å². The monoisotopic (exact) mass is 243 g/mol. The summed E-state index contributed by atoms with van der Waals surface area (Å²) in [7, 11) is 2.08. The van der Waals surface area contributed by atoms with E-state index in [-0.39, 0.29) is 5.91 Å². The van der Waals surface area contributed by atoms with Crippen LogP contribution < -0.4 is 5.32 Å². The molecule has 0 unspecified atom stereocenters. The van der Waals surface area contributed by atoms with Crippen LogP contribution in [0.4, 0.5) is 0 Å². The first-order valence-corrected chi connectivity index (χ1v) is 5.92. The van der Waals surface area contributed by atoms with Crippen LogP contribution in [0, 0.1) is 0 Å². The van der Waals surface area contributed by atoms with Gasteiger partial charge in [0.2, 0.25) is 5.91 Å². The third-order valence-corrected chi connectivity index (χ3v) is 3.00. The minimum Gasteiger partial charge on any atom is -0.480 e. The molecule has 0 aromatic carbocycles. The number of amides is 1. The summed E-state index contributed by atoms with van der Waals surface area (Å²) in [6, 6.07) is -0.810. The van der Waals surface area contributed by atoms with Gasteiger partial charge in [-0.3, -0.25) is 9.59 Å². The summed E-state index contributed by atoms with van der Waals surface area (Å²) >= 11 is 0. The highest BCUT2D eigenvalue weighted by Gasteiger charge is 2.17. The molecule has 0 aromatic rings. The Morgan fingerprint density at radius 1 is 1.29 bits per heavy atom. The van der Waals surface area contributed by atoms with Crippen molar-refractivity contribution in [3.63, 3.8) is 0 Å². The summed E-state index contributed by atoms with van der Waals surface area (Å²) in [6.45, 7) is 6.15. The van der Waals surface area contributed by atoms with E-state index in [2.05, 4.69) is 22.2 Å². The zero-order valence-electron chi connectivity index (χ0n) is 10.5. The largest absolute Gasteiger partial charge is 0.480 e. The van der Waals surface area contributed by atoms with Crippen molar-refractivity contribution >= 4 is 11.9 Å². The van der Waals surface area contributed by atoms with Crippen molar-refractivity contribution in [1.29, 1.82) is 0 Å². The van der Waals surface area contributed by atoms with Crippen molar-refractivity contribution in [2.75, 3.05) is 39.8 Å². The third-order valence-electron chi connectivity index (χ3n) is 3.00. The summed E-state index contributed by atoms with van der Waals surface area (Å²) in [5.74, 6) is -1.20. The van der Waals surface area contributed by atoms with Crippen LogP contribution in [0.3, 0.4) is 0 Å². The van der Waals surface area contributed by atoms with Crippen molar-refractivity contribution in [2.24, 2.45) is 0 Å². The number of carbonyl (C=O) groups is 2. The van der Waals surface area contributed by atoms with E-state index in [1.807, 2.05) is 0 Å². The van der Waals surface area contributed by atoms with Crippen LogP contribution >= 0.6 is 0 Å². The lowest BCUT2D eigenvalue weighted by molar-refractivity contribution is -0.141. The number of nitrogens with one attached hydrogen (secondary N) is 1. The lowest BCUT2D eigenvalue weighted by atomic mass is 10.2. The van der Waals surface area contributed by atoms with Gasteiger partial charge in [-0.05, 0) is 14.0 Å². The Balaban J connectivity index is 2.17. The van der Waals surface area contributed by atoms with Gasteiger partial charge in [-0.2, -0.15) is 0 Å². The second-order valence-corrected chi connectivity index (χ2v) is 4.52. The molecule has 1 fully saturated rings. The van der Waals surface area contributed by atoms with Crippen LogP contribution in [0.5, 0.6) is 0 Å².